The summed E-state index contributed by atoms with van der Waals surface area (Å²) in [6.45, 7) is -0.399. The lowest BCUT2D eigenvalue weighted by Gasteiger charge is -1.98. The van der Waals surface area contributed by atoms with Gasteiger partial charge in [-0.2, -0.15) is 4.80 Å². The minimum atomic E-state index is -0.438. The van der Waals surface area contributed by atoms with E-state index >= 15 is 0 Å². The van der Waals surface area contributed by atoms with Crippen LogP contribution in [0.3, 0.4) is 0 Å². The predicted molar refractivity (Wildman–Crippen MR) is 60.6 cm³/mol. The van der Waals surface area contributed by atoms with Crippen molar-refractivity contribution in [1.29, 1.82) is 0 Å². The largest absolute Gasteiger partial charge is 0.390 e. The summed E-state index contributed by atoms with van der Waals surface area (Å²) in [5.41, 5.74) is 0.712. The number of hydrogen-bond acceptors (Lipinski definition) is 4. The molecule has 0 aliphatic carbocycles. The van der Waals surface area contributed by atoms with Crippen molar-refractivity contribution in [3.05, 3.63) is 41.5 Å². The summed E-state index contributed by atoms with van der Waals surface area (Å²) in [5, 5.41) is 19.4. The van der Waals surface area contributed by atoms with E-state index in [9.17, 15) is 9.18 Å². The van der Waals surface area contributed by atoms with E-state index < -0.39 is 12.5 Å². The van der Waals surface area contributed by atoms with Gasteiger partial charge >= 0.3 is 0 Å². The lowest BCUT2D eigenvalue weighted by molar-refractivity contribution is 0.0954. The number of carbonyl (C=O) groups is 1. The Hall–Kier alpha value is -2.28. The van der Waals surface area contributed by atoms with Crippen molar-refractivity contribution >= 4 is 5.91 Å². The van der Waals surface area contributed by atoms with Gasteiger partial charge in [0.1, 0.15) is 11.5 Å². The van der Waals surface area contributed by atoms with Crippen LogP contribution in [0, 0.1) is 5.82 Å². The molecule has 2 rings (SSSR count). The summed E-state index contributed by atoms with van der Waals surface area (Å²) >= 11 is 0. The maximum Gasteiger partial charge on any atom is 0.273 e. The smallest absolute Gasteiger partial charge is 0.273 e. The molecule has 1 aromatic heterocycles. The second kappa shape index (κ2) is 4.92. The Bertz CT molecular complexity index is 565. The van der Waals surface area contributed by atoms with Crippen molar-refractivity contribution in [3.8, 4) is 5.69 Å². The van der Waals surface area contributed by atoms with Crippen LogP contribution in [0.1, 0.15) is 16.2 Å². The molecule has 0 aliphatic rings. The molecule has 0 spiro atoms. The average Bonchev–Trinajstić information content (AvgIpc) is 2.82. The molecule has 0 aliphatic heterocycles. The molecule has 0 saturated heterocycles. The van der Waals surface area contributed by atoms with E-state index in [1.54, 1.807) is 0 Å². The zero-order chi connectivity index (χ0) is 13.1. The molecule has 7 heteroatoms. The summed E-state index contributed by atoms with van der Waals surface area (Å²) in [4.78, 5) is 12.7. The fraction of sp³-hybridized carbons (Fsp3) is 0.182. The summed E-state index contributed by atoms with van der Waals surface area (Å²) in [7, 11) is 1.46. The van der Waals surface area contributed by atoms with Gasteiger partial charge in [-0.15, -0.1) is 10.2 Å². The molecule has 2 N–H and O–H groups in total. The van der Waals surface area contributed by atoms with Crippen LogP contribution >= 0.6 is 0 Å². The second-order valence-electron chi connectivity index (χ2n) is 3.50. The predicted octanol–water partition coefficient (Wildman–Crippen LogP) is 0.258. The van der Waals surface area contributed by atoms with Gasteiger partial charge in [0.05, 0.1) is 12.3 Å². The fourth-order valence-corrected chi connectivity index (χ4v) is 1.43. The SMILES string of the molecule is CNC(=O)c1nn(-c2ccc(F)cc2)nc1CO. The van der Waals surface area contributed by atoms with E-state index in [-0.39, 0.29) is 17.2 Å². The first kappa shape index (κ1) is 12.2. The fourth-order valence-electron chi connectivity index (χ4n) is 1.43. The van der Waals surface area contributed by atoms with Crippen LogP contribution in [-0.2, 0) is 6.61 Å². The third kappa shape index (κ3) is 2.21. The van der Waals surface area contributed by atoms with Gasteiger partial charge in [-0.25, -0.2) is 4.39 Å². The van der Waals surface area contributed by atoms with Crippen LogP contribution in [0.25, 0.3) is 5.69 Å². The minimum Gasteiger partial charge on any atom is -0.390 e. The van der Waals surface area contributed by atoms with Crippen molar-refractivity contribution < 1.29 is 14.3 Å². The number of aliphatic hydroxyl groups excluding tert-OH is 1. The molecule has 0 radical (unpaired) electrons. The highest BCUT2D eigenvalue weighted by Gasteiger charge is 2.17. The Labute approximate surface area is 102 Å². The lowest BCUT2D eigenvalue weighted by Crippen LogP contribution is -2.20. The topological polar surface area (TPSA) is 80.0 Å². The van der Waals surface area contributed by atoms with Crippen molar-refractivity contribution in [2.75, 3.05) is 7.05 Å². The highest BCUT2D eigenvalue weighted by atomic mass is 19.1. The Kier molecular flexibility index (Phi) is 3.33. The van der Waals surface area contributed by atoms with E-state index in [4.69, 9.17) is 5.11 Å². The van der Waals surface area contributed by atoms with E-state index in [0.29, 0.717) is 5.69 Å². The number of rotatable bonds is 3. The number of hydrogen-bond donors (Lipinski definition) is 2. The summed E-state index contributed by atoms with van der Waals surface area (Å²) in [6, 6.07) is 5.47. The van der Waals surface area contributed by atoms with Crippen LogP contribution in [0.5, 0.6) is 0 Å². The second-order valence-corrected chi connectivity index (χ2v) is 3.50. The highest BCUT2D eigenvalue weighted by molar-refractivity contribution is 5.92. The van der Waals surface area contributed by atoms with Crippen LogP contribution in [0.2, 0.25) is 0 Å². The van der Waals surface area contributed by atoms with Gasteiger partial charge in [0, 0.05) is 7.05 Å². The zero-order valence-electron chi connectivity index (χ0n) is 9.59. The van der Waals surface area contributed by atoms with E-state index in [1.807, 2.05) is 0 Å². The maximum atomic E-state index is 12.8. The van der Waals surface area contributed by atoms with Crippen LogP contribution in [0.15, 0.2) is 24.3 Å². The van der Waals surface area contributed by atoms with Gasteiger partial charge in [0.2, 0.25) is 0 Å². The Morgan fingerprint density at radius 1 is 1.39 bits per heavy atom. The first-order valence-corrected chi connectivity index (χ1v) is 5.21. The first-order valence-electron chi connectivity index (χ1n) is 5.21. The molecule has 1 heterocycles. The molecule has 6 nitrogen and oxygen atoms in total. The molecule has 1 aromatic carbocycles. The molecular formula is C11H11FN4O2. The Morgan fingerprint density at radius 2 is 2.06 bits per heavy atom. The number of amides is 1. The van der Waals surface area contributed by atoms with Crippen LogP contribution in [-0.4, -0.2) is 33.1 Å². The van der Waals surface area contributed by atoms with E-state index in [0.717, 1.165) is 0 Å². The summed E-state index contributed by atoms with van der Waals surface area (Å²) < 4.78 is 12.8. The maximum absolute atomic E-state index is 12.8. The van der Waals surface area contributed by atoms with Crippen molar-refractivity contribution in [3.63, 3.8) is 0 Å². The lowest BCUT2D eigenvalue weighted by atomic mass is 10.3. The van der Waals surface area contributed by atoms with Gasteiger partial charge in [0.15, 0.2) is 5.69 Å². The molecule has 18 heavy (non-hydrogen) atoms. The molecule has 2 aromatic rings. The standard InChI is InChI=1S/C11H11FN4O2/c1-13-11(18)10-9(6-17)14-16(15-10)8-4-2-7(12)3-5-8/h2-5,17H,6H2,1H3,(H,13,18). The normalized spacial score (nSPS) is 10.4. The number of carbonyl (C=O) groups excluding carboxylic acids is 1. The van der Waals surface area contributed by atoms with Crippen molar-refractivity contribution in [2.45, 2.75) is 6.61 Å². The molecule has 0 bridgehead atoms. The first-order chi connectivity index (χ1) is 8.65. The third-order valence-electron chi connectivity index (χ3n) is 2.33. The Balaban J connectivity index is 2.43. The number of nitrogens with one attached hydrogen (secondary N) is 1. The number of aromatic nitrogens is 3. The van der Waals surface area contributed by atoms with E-state index in [2.05, 4.69) is 15.5 Å². The summed E-state index contributed by atoms with van der Waals surface area (Å²) in [6.07, 6.45) is 0. The van der Waals surface area contributed by atoms with Gasteiger partial charge in [-0.1, -0.05) is 0 Å². The van der Waals surface area contributed by atoms with Gasteiger partial charge in [-0.3, -0.25) is 4.79 Å². The molecule has 0 saturated carbocycles. The number of benzene rings is 1. The molecule has 1 amide bonds. The van der Waals surface area contributed by atoms with E-state index in [1.165, 1.54) is 36.1 Å². The molecule has 0 fully saturated rings. The van der Waals surface area contributed by atoms with Crippen molar-refractivity contribution in [1.82, 2.24) is 20.3 Å². The van der Waals surface area contributed by atoms with Gasteiger partial charge in [0.25, 0.3) is 5.91 Å². The monoisotopic (exact) mass is 250 g/mol. The van der Waals surface area contributed by atoms with Crippen molar-refractivity contribution in [2.24, 2.45) is 0 Å². The molecular weight excluding hydrogens is 239 g/mol. The zero-order valence-corrected chi connectivity index (χ0v) is 9.59. The summed E-state index contributed by atoms with van der Waals surface area (Å²) in [5.74, 6) is -0.813. The molecule has 0 atom stereocenters. The quantitative estimate of drug-likeness (QED) is 0.818. The molecule has 94 valence electrons. The number of halogens is 1. The highest BCUT2D eigenvalue weighted by Crippen LogP contribution is 2.10. The third-order valence-corrected chi connectivity index (χ3v) is 2.33. The van der Waals surface area contributed by atoms with Gasteiger partial charge in [-0.05, 0) is 24.3 Å². The molecule has 0 unspecified atom stereocenters. The van der Waals surface area contributed by atoms with Crippen LogP contribution < -0.4 is 5.32 Å². The van der Waals surface area contributed by atoms with Gasteiger partial charge < -0.3 is 10.4 Å². The number of aliphatic hydroxyl groups is 1. The number of nitrogens with zero attached hydrogens (tertiary/aromatic N) is 3. The minimum absolute atomic E-state index is 0.0457. The average molecular weight is 250 g/mol. The van der Waals surface area contributed by atoms with Crippen LogP contribution in [0.4, 0.5) is 4.39 Å². The Morgan fingerprint density at radius 3 is 2.61 bits per heavy atom.